The van der Waals surface area contributed by atoms with Gasteiger partial charge in [-0.05, 0) is 41.6 Å². The number of unbranched alkanes of at least 4 members (excludes halogenated alkanes) is 6. The molecule has 0 rings (SSSR count). The minimum atomic E-state index is 0. The van der Waals surface area contributed by atoms with Crippen molar-refractivity contribution >= 4 is 15.9 Å². The third-order valence-corrected chi connectivity index (χ3v) is 4.60. The first-order valence-corrected chi connectivity index (χ1v) is 8.20. The third kappa shape index (κ3) is 12.0. The quantitative estimate of drug-likeness (QED) is 0.158. The molecule has 0 heterocycles. The Morgan fingerprint density at radius 1 is 0.765 bits per heavy atom. The summed E-state index contributed by atoms with van der Waals surface area (Å²) in [5.74, 6) is 0. The van der Waals surface area contributed by atoms with Crippen molar-refractivity contribution in [3.05, 3.63) is 0 Å². The number of rotatable bonds is 11. The monoisotopic (exact) mass is 419 g/mol. The van der Waals surface area contributed by atoms with Crippen LogP contribution in [0.2, 0.25) is 0 Å². The topological polar surface area (TPSA) is 0 Å². The maximum absolute atomic E-state index is 3.68. The van der Waals surface area contributed by atoms with E-state index in [1.807, 2.05) is 0 Å². The molecule has 0 saturated carbocycles. The summed E-state index contributed by atoms with van der Waals surface area (Å²) in [4.78, 5) is 0. The molecule has 0 amide bonds. The lowest BCUT2D eigenvalue weighted by Crippen LogP contribution is -3.00. The van der Waals surface area contributed by atoms with Crippen LogP contribution in [-0.4, -0.2) is 30.1 Å². The van der Waals surface area contributed by atoms with Crippen molar-refractivity contribution in [2.24, 2.45) is 0 Å². The molecule has 0 aliphatic heterocycles. The summed E-state index contributed by atoms with van der Waals surface area (Å²) in [5.41, 5.74) is 1.12. The molecule has 0 radical (unpaired) electrons. The largest absolute Gasteiger partial charge is 1.00 e. The molecule has 0 aliphatic carbocycles. The molecule has 0 aromatic heterocycles. The van der Waals surface area contributed by atoms with E-state index in [1.165, 1.54) is 68.9 Å². The number of hydrogen-bond donors (Lipinski definition) is 0. The van der Waals surface area contributed by atoms with Crippen LogP contribution in [0.1, 0.15) is 65.2 Å². The average molecular weight is 420 g/mol. The zero-order chi connectivity index (χ0) is 12.3. The minimum absolute atomic E-state index is 0. The van der Waals surface area contributed by atoms with Crippen LogP contribution in [0.4, 0.5) is 0 Å². The Morgan fingerprint density at radius 3 is 1.47 bits per heavy atom. The van der Waals surface area contributed by atoms with Gasteiger partial charge in [0.25, 0.3) is 0 Å². The molecule has 0 saturated heterocycles. The van der Waals surface area contributed by atoms with Crippen LogP contribution in [0, 0.1) is 0 Å². The molecule has 0 unspecified atom stereocenters. The first kappa shape index (κ1) is 20.5. The Hall–Kier alpha value is 1.17. The van der Waals surface area contributed by atoms with Crippen molar-refractivity contribution in [2.75, 3.05) is 25.6 Å². The molecule has 17 heavy (non-hydrogen) atoms. The molecule has 0 bridgehead atoms. The van der Waals surface area contributed by atoms with Crippen LogP contribution in [0.15, 0.2) is 0 Å². The van der Waals surface area contributed by atoms with Gasteiger partial charge in [-0.25, -0.2) is 0 Å². The van der Waals surface area contributed by atoms with E-state index in [4.69, 9.17) is 0 Å². The summed E-state index contributed by atoms with van der Waals surface area (Å²) in [6, 6.07) is 0. The molecule has 0 aromatic carbocycles. The van der Waals surface area contributed by atoms with Crippen LogP contribution in [-0.2, 0) is 0 Å². The van der Waals surface area contributed by atoms with E-state index < -0.39 is 0 Å². The van der Waals surface area contributed by atoms with E-state index in [0.29, 0.717) is 0 Å². The molecule has 1 nitrogen and oxygen atoms in total. The number of halogens is 2. The van der Waals surface area contributed by atoms with Crippen molar-refractivity contribution in [2.45, 2.75) is 65.2 Å². The first-order valence-electron chi connectivity index (χ1n) is 7.08. The van der Waals surface area contributed by atoms with Gasteiger partial charge in [-0.1, -0.05) is 39.5 Å². The fourth-order valence-electron chi connectivity index (χ4n) is 2.07. The van der Waals surface area contributed by atoms with E-state index in [1.54, 1.807) is 0 Å². The Morgan fingerprint density at radius 2 is 1.18 bits per heavy atom. The van der Waals surface area contributed by atoms with Gasteiger partial charge in [0.1, 0.15) is 5.45 Å². The lowest BCUT2D eigenvalue weighted by molar-refractivity contribution is -0.896. The van der Waals surface area contributed by atoms with Gasteiger partial charge < -0.3 is 28.5 Å². The third-order valence-electron chi connectivity index (χ3n) is 3.39. The molecule has 0 aliphatic rings. The van der Waals surface area contributed by atoms with Gasteiger partial charge in [-0.3, -0.25) is 0 Å². The summed E-state index contributed by atoms with van der Waals surface area (Å²) in [7, 11) is 2.40. The lowest BCUT2D eigenvalue weighted by atomic mass is 10.1. The standard InChI is InChI=1S/C14H31BrN.HI/c1-4-6-8-10-12-16(3,14-15)13-11-9-7-5-2;/h4-14H2,1-3H3;1H/q+1;/p-1. The van der Waals surface area contributed by atoms with E-state index in [0.717, 1.165) is 5.45 Å². The summed E-state index contributed by atoms with van der Waals surface area (Å²) < 4.78 is 1.22. The van der Waals surface area contributed by atoms with Crippen LogP contribution in [0.25, 0.3) is 0 Å². The van der Waals surface area contributed by atoms with Crippen molar-refractivity contribution in [1.29, 1.82) is 0 Å². The normalized spacial score (nSPS) is 11.3. The summed E-state index contributed by atoms with van der Waals surface area (Å²) in [6.07, 6.45) is 11.1. The first-order chi connectivity index (χ1) is 7.68. The fraction of sp³-hybridized carbons (Fsp3) is 1.00. The lowest BCUT2D eigenvalue weighted by Gasteiger charge is -2.32. The molecule has 0 fully saturated rings. The predicted molar refractivity (Wildman–Crippen MR) is 78.0 cm³/mol. The SMILES string of the molecule is CCCCCC[N+](C)(CBr)CCCCCC.[I-]. The van der Waals surface area contributed by atoms with Crippen molar-refractivity contribution < 1.29 is 28.5 Å². The number of nitrogens with zero attached hydrogens (tertiary/aromatic N) is 1. The van der Waals surface area contributed by atoms with Gasteiger partial charge in [0.05, 0.1) is 20.1 Å². The Kier molecular flexibility index (Phi) is 16.4. The van der Waals surface area contributed by atoms with Crippen molar-refractivity contribution in [1.82, 2.24) is 0 Å². The predicted octanol–water partition coefficient (Wildman–Crippen LogP) is 1.95. The second-order valence-electron chi connectivity index (χ2n) is 5.31. The van der Waals surface area contributed by atoms with Gasteiger partial charge >= 0.3 is 0 Å². The molecular weight excluding hydrogens is 389 g/mol. The highest BCUT2D eigenvalue weighted by atomic mass is 127. The molecule has 106 valence electrons. The highest BCUT2D eigenvalue weighted by Crippen LogP contribution is 2.13. The second-order valence-corrected chi connectivity index (χ2v) is 5.81. The molecule has 0 N–H and O–H groups in total. The number of alkyl halides is 1. The summed E-state index contributed by atoms with van der Waals surface area (Å²) in [6.45, 7) is 7.25. The highest BCUT2D eigenvalue weighted by molar-refractivity contribution is 9.09. The number of hydrogen-bond acceptors (Lipinski definition) is 0. The Balaban J connectivity index is 0. The van der Waals surface area contributed by atoms with Gasteiger partial charge in [0.2, 0.25) is 0 Å². The van der Waals surface area contributed by atoms with E-state index in [-0.39, 0.29) is 24.0 Å². The smallest absolute Gasteiger partial charge is 0.134 e. The zero-order valence-electron chi connectivity index (χ0n) is 12.0. The van der Waals surface area contributed by atoms with Gasteiger partial charge in [0.15, 0.2) is 0 Å². The zero-order valence-corrected chi connectivity index (χ0v) is 15.7. The summed E-state index contributed by atoms with van der Waals surface area (Å²) in [5, 5.41) is 0. The average Bonchev–Trinajstić information content (AvgIpc) is 2.31. The maximum Gasteiger partial charge on any atom is 0.134 e. The van der Waals surface area contributed by atoms with Gasteiger partial charge in [-0.15, -0.1) is 0 Å². The molecule has 0 atom stereocenters. The fourth-order valence-corrected chi connectivity index (χ4v) is 2.57. The molecule has 3 heteroatoms. The maximum atomic E-state index is 3.68. The van der Waals surface area contributed by atoms with Crippen LogP contribution >= 0.6 is 15.9 Å². The van der Waals surface area contributed by atoms with Crippen molar-refractivity contribution in [3.63, 3.8) is 0 Å². The van der Waals surface area contributed by atoms with Crippen LogP contribution in [0.3, 0.4) is 0 Å². The van der Waals surface area contributed by atoms with Crippen LogP contribution in [0.5, 0.6) is 0 Å². The van der Waals surface area contributed by atoms with Crippen LogP contribution < -0.4 is 24.0 Å². The number of quaternary nitrogens is 1. The Labute approximate surface area is 134 Å². The minimum Gasteiger partial charge on any atom is -1.00 e. The van der Waals surface area contributed by atoms with E-state index in [2.05, 4.69) is 36.8 Å². The van der Waals surface area contributed by atoms with Gasteiger partial charge in [-0.2, -0.15) is 0 Å². The summed E-state index contributed by atoms with van der Waals surface area (Å²) >= 11 is 3.68. The molecule has 0 spiro atoms. The Bertz CT molecular complexity index is 141. The highest BCUT2D eigenvalue weighted by Gasteiger charge is 2.18. The molecular formula is C14H31BrIN. The van der Waals surface area contributed by atoms with Crippen molar-refractivity contribution in [3.8, 4) is 0 Å². The van der Waals surface area contributed by atoms with E-state index >= 15 is 0 Å². The molecule has 0 aromatic rings. The van der Waals surface area contributed by atoms with E-state index in [9.17, 15) is 0 Å². The second kappa shape index (κ2) is 13.6. The van der Waals surface area contributed by atoms with Gasteiger partial charge in [0, 0.05) is 0 Å².